The van der Waals surface area contributed by atoms with Crippen LogP contribution in [-0.4, -0.2) is 84.7 Å². The molecule has 0 aromatic heterocycles. The Morgan fingerprint density at radius 2 is 1.63 bits per heavy atom. The van der Waals surface area contributed by atoms with E-state index in [1.807, 2.05) is 0 Å². The summed E-state index contributed by atoms with van der Waals surface area (Å²) >= 11 is 0. The molecule has 0 amide bonds. The van der Waals surface area contributed by atoms with Gasteiger partial charge >= 0.3 is 11.9 Å². The van der Waals surface area contributed by atoms with Crippen molar-refractivity contribution in [3.63, 3.8) is 0 Å². The zero-order chi connectivity index (χ0) is 19.7. The smallest absolute Gasteiger partial charge is 0.303 e. The zero-order valence-corrected chi connectivity index (χ0v) is 15.8. The summed E-state index contributed by atoms with van der Waals surface area (Å²) in [5.41, 5.74) is 0. The lowest BCUT2D eigenvalue weighted by Gasteiger charge is -2.19. The van der Waals surface area contributed by atoms with Crippen molar-refractivity contribution in [3.05, 3.63) is 0 Å². The van der Waals surface area contributed by atoms with Crippen molar-refractivity contribution in [1.29, 1.82) is 0 Å². The lowest BCUT2D eigenvalue weighted by atomic mass is 10.2. The van der Waals surface area contributed by atoms with Crippen molar-refractivity contribution in [2.75, 3.05) is 26.4 Å². The number of aliphatic imine (C=N–C) groups is 2. The molecule has 2 heterocycles. The summed E-state index contributed by atoms with van der Waals surface area (Å²) in [7, 11) is 0. The Balaban J connectivity index is 0.000000531. The Morgan fingerprint density at radius 3 is 2.00 bits per heavy atom. The molecular formula is C16H27FN2O8. The molecule has 2 rings (SSSR count). The van der Waals surface area contributed by atoms with E-state index in [1.54, 1.807) is 13.8 Å². The summed E-state index contributed by atoms with van der Waals surface area (Å²) < 4.78 is 20.0. The van der Waals surface area contributed by atoms with E-state index in [-0.39, 0.29) is 30.0 Å². The predicted octanol–water partition coefficient (Wildman–Crippen LogP) is -0.392. The summed E-state index contributed by atoms with van der Waals surface area (Å²) in [6.45, 7) is 6.50. The number of hydrogen-bond donors (Lipinski definition) is 2. The highest BCUT2D eigenvalue weighted by molar-refractivity contribution is 5.75. The van der Waals surface area contributed by atoms with Gasteiger partial charge in [0.2, 0.25) is 0 Å². The summed E-state index contributed by atoms with van der Waals surface area (Å²) in [4.78, 5) is 29.7. The van der Waals surface area contributed by atoms with Crippen LogP contribution in [0.15, 0.2) is 9.98 Å². The zero-order valence-electron chi connectivity index (χ0n) is 15.8. The van der Waals surface area contributed by atoms with Crippen molar-refractivity contribution in [1.82, 2.24) is 0 Å². The fraction of sp³-hybridized carbons (Fsp3) is 0.750. The fourth-order valence-corrected chi connectivity index (χ4v) is 2.17. The maximum Gasteiger partial charge on any atom is 0.303 e. The van der Waals surface area contributed by atoms with Crippen molar-refractivity contribution < 1.29 is 43.5 Å². The average molecular weight is 394 g/mol. The largest absolute Gasteiger partial charge is 0.479 e. The van der Waals surface area contributed by atoms with Crippen LogP contribution >= 0.6 is 0 Å². The van der Waals surface area contributed by atoms with Crippen molar-refractivity contribution in [2.24, 2.45) is 9.98 Å². The Kier molecular flexibility index (Phi) is 11.2. The van der Waals surface area contributed by atoms with Gasteiger partial charge in [-0.25, -0.2) is 9.98 Å². The number of rotatable bonds is 6. The summed E-state index contributed by atoms with van der Waals surface area (Å²) in [5, 5.41) is 17.5. The average Bonchev–Trinajstić information content (AvgIpc) is 3.19. The first kappa shape index (κ1) is 24.7. The van der Waals surface area contributed by atoms with Gasteiger partial charge in [0.25, 0.3) is 0 Å². The molecule has 0 saturated heterocycles. The Labute approximate surface area is 156 Å². The van der Waals surface area contributed by atoms with Crippen LogP contribution < -0.4 is 0 Å². The molecule has 11 heteroatoms. The predicted molar refractivity (Wildman–Crippen MR) is 93.5 cm³/mol. The number of nitrogens with zero attached hydrogens (tertiary/aromatic N) is 2. The second-order valence-electron chi connectivity index (χ2n) is 5.75. The van der Waals surface area contributed by atoms with E-state index < -0.39 is 24.1 Å². The van der Waals surface area contributed by atoms with Gasteiger partial charge in [-0.05, 0) is 0 Å². The second-order valence-corrected chi connectivity index (χ2v) is 5.75. The van der Waals surface area contributed by atoms with Crippen LogP contribution in [0.25, 0.3) is 0 Å². The number of aliphatic hydroxyl groups excluding tert-OH is 2. The van der Waals surface area contributed by atoms with Crippen LogP contribution in [0.5, 0.6) is 0 Å². The first-order chi connectivity index (χ1) is 12.2. The normalized spacial score (nSPS) is 22.4. The van der Waals surface area contributed by atoms with E-state index in [0.29, 0.717) is 25.0 Å². The molecule has 2 N–H and O–H groups in total. The SMILES string of the molecule is CC(=O)OC[C@H](OC(C)=O)[C@@H]1COC(C)=N1.CC1=N[C@H]([C@@H](O)CO)CO1.F. The minimum atomic E-state index is -0.780. The molecule has 0 aromatic rings. The van der Waals surface area contributed by atoms with Gasteiger partial charge in [-0.15, -0.1) is 0 Å². The van der Waals surface area contributed by atoms with Crippen LogP contribution in [0.2, 0.25) is 0 Å². The van der Waals surface area contributed by atoms with Gasteiger partial charge in [0, 0.05) is 27.7 Å². The minimum absolute atomic E-state index is 0. The van der Waals surface area contributed by atoms with Crippen LogP contribution in [-0.2, 0) is 28.5 Å². The van der Waals surface area contributed by atoms with Gasteiger partial charge in [-0.2, -0.15) is 0 Å². The van der Waals surface area contributed by atoms with Gasteiger partial charge in [0.15, 0.2) is 17.9 Å². The Morgan fingerprint density at radius 1 is 1.11 bits per heavy atom. The maximum absolute atomic E-state index is 10.9. The fourth-order valence-electron chi connectivity index (χ4n) is 2.17. The molecule has 2 aliphatic heterocycles. The number of ether oxygens (including phenoxy) is 4. The van der Waals surface area contributed by atoms with E-state index in [2.05, 4.69) is 9.98 Å². The summed E-state index contributed by atoms with van der Waals surface area (Å²) in [5.74, 6) is 0.274. The highest BCUT2D eigenvalue weighted by Crippen LogP contribution is 2.13. The second kappa shape index (κ2) is 12.2. The number of aliphatic hydroxyl groups is 2. The van der Waals surface area contributed by atoms with Crippen molar-refractivity contribution in [3.8, 4) is 0 Å². The van der Waals surface area contributed by atoms with Gasteiger partial charge in [-0.1, -0.05) is 0 Å². The molecule has 0 saturated carbocycles. The third kappa shape index (κ3) is 9.29. The van der Waals surface area contributed by atoms with Crippen LogP contribution in [0.1, 0.15) is 27.7 Å². The van der Waals surface area contributed by atoms with Crippen LogP contribution in [0.3, 0.4) is 0 Å². The van der Waals surface area contributed by atoms with E-state index in [0.717, 1.165) is 0 Å². The highest BCUT2D eigenvalue weighted by atomic mass is 19.0. The third-order valence-electron chi connectivity index (χ3n) is 3.45. The Hall–Kier alpha value is -2.27. The molecule has 0 spiro atoms. The topological polar surface area (TPSA) is 136 Å². The van der Waals surface area contributed by atoms with E-state index in [1.165, 1.54) is 13.8 Å². The molecule has 0 bridgehead atoms. The quantitative estimate of drug-likeness (QED) is 0.581. The number of carbonyl (C=O) groups is 2. The molecule has 27 heavy (non-hydrogen) atoms. The molecule has 10 nitrogen and oxygen atoms in total. The van der Waals surface area contributed by atoms with Gasteiger partial charge in [0.1, 0.15) is 38.0 Å². The van der Waals surface area contributed by atoms with Gasteiger partial charge in [0.05, 0.1) is 6.61 Å². The van der Waals surface area contributed by atoms with Gasteiger partial charge in [-0.3, -0.25) is 14.3 Å². The Bertz CT molecular complexity index is 555. The lowest BCUT2D eigenvalue weighted by Crippen LogP contribution is -2.35. The van der Waals surface area contributed by atoms with Crippen molar-refractivity contribution in [2.45, 2.75) is 52.0 Å². The van der Waals surface area contributed by atoms with Crippen LogP contribution in [0, 0.1) is 0 Å². The minimum Gasteiger partial charge on any atom is -0.479 e. The molecule has 0 aromatic carbocycles. The number of halogens is 1. The lowest BCUT2D eigenvalue weighted by molar-refractivity contribution is -0.157. The molecule has 0 fully saturated rings. The van der Waals surface area contributed by atoms with E-state index >= 15 is 0 Å². The monoisotopic (exact) mass is 394 g/mol. The standard InChI is InChI=1S/C10H15NO5.C6H11NO3.FH/c1-6-11-9(4-14-6)10(16-8(3)13)5-15-7(2)12;1-4-7-5(3-10-4)6(9)2-8;/h9-10H,4-5H2,1-3H3;5-6,8-9H,2-3H2,1H3;1H/t9-,10-;5-,6-;/m00./s1. The first-order valence-electron chi connectivity index (χ1n) is 8.16. The molecule has 156 valence electrons. The summed E-state index contributed by atoms with van der Waals surface area (Å²) in [6, 6.07) is -0.576. The highest BCUT2D eigenvalue weighted by Gasteiger charge is 2.29. The van der Waals surface area contributed by atoms with Crippen molar-refractivity contribution >= 4 is 23.7 Å². The number of hydrogen-bond acceptors (Lipinski definition) is 10. The molecule has 0 radical (unpaired) electrons. The number of esters is 2. The van der Waals surface area contributed by atoms with E-state index in [4.69, 9.17) is 29.2 Å². The summed E-state index contributed by atoms with van der Waals surface area (Å²) in [6.07, 6.45) is -1.36. The molecule has 0 aliphatic carbocycles. The number of carbonyl (C=O) groups excluding carboxylic acids is 2. The molecule has 2 aliphatic rings. The molecule has 0 unspecified atom stereocenters. The molecular weight excluding hydrogens is 367 g/mol. The third-order valence-corrected chi connectivity index (χ3v) is 3.45. The van der Waals surface area contributed by atoms with Crippen LogP contribution in [0.4, 0.5) is 4.70 Å². The maximum atomic E-state index is 10.9. The van der Waals surface area contributed by atoms with E-state index in [9.17, 15) is 9.59 Å². The van der Waals surface area contributed by atoms with Gasteiger partial charge < -0.3 is 29.2 Å². The first-order valence-corrected chi connectivity index (χ1v) is 8.16. The molecule has 4 atom stereocenters.